The third kappa shape index (κ3) is 3.82. The smallest absolute Gasteiger partial charge is 0.225 e. The second-order valence-electron chi connectivity index (χ2n) is 7.14. The maximum absolute atomic E-state index is 6.25. The maximum atomic E-state index is 6.25. The standard InChI is InChI=1S/C20H27N7/c1-16-15-17-5-2-3-6-18(17)27(16)10-9-22-19(21)25-11-13-26(14-12-25)20-23-7-4-8-24-20/h2-8,16H,9-15H2,1H3,(H2,21,22). The van der Waals surface area contributed by atoms with Crippen molar-refractivity contribution in [3.63, 3.8) is 0 Å². The van der Waals surface area contributed by atoms with Crippen molar-refractivity contribution in [1.29, 1.82) is 0 Å². The molecule has 0 radical (unpaired) electrons. The van der Waals surface area contributed by atoms with Crippen LogP contribution >= 0.6 is 0 Å². The second-order valence-corrected chi connectivity index (χ2v) is 7.14. The van der Waals surface area contributed by atoms with Crippen molar-refractivity contribution in [1.82, 2.24) is 14.9 Å². The molecule has 2 aromatic rings. The molecule has 1 saturated heterocycles. The molecule has 1 aromatic carbocycles. The van der Waals surface area contributed by atoms with Crippen LogP contribution in [0.4, 0.5) is 11.6 Å². The molecule has 0 bridgehead atoms. The Labute approximate surface area is 160 Å². The molecule has 1 aromatic heterocycles. The van der Waals surface area contributed by atoms with Gasteiger partial charge in [0.15, 0.2) is 5.96 Å². The predicted octanol–water partition coefficient (Wildman–Crippen LogP) is 1.36. The Hall–Kier alpha value is -2.83. The van der Waals surface area contributed by atoms with E-state index >= 15 is 0 Å². The molecule has 0 amide bonds. The Kier molecular flexibility index (Phi) is 5.09. The van der Waals surface area contributed by atoms with Gasteiger partial charge in [0.2, 0.25) is 5.95 Å². The van der Waals surface area contributed by atoms with Crippen molar-refractivity contribution >= 4 is 17.6 Å². The van der Waals surface area contributed by atoms with Crippen molar-refractivity contribution in [2.75, 3.05) is 49.1 Å². The fourth-order valence-corrected chi connectivity index (χ4v) is 3.93. The predicted molar refractivity (Wildman–Crippen MR) is 109 cm³/mol. The number of anilines is 2. The number of rotatable bonds is 4. The summed E-state index contributed by atoms with van der Waals surface area (Å²) in [5, 5.41) is 0. The molecule has 27 heavy (non-hydrogen) atoms. The molecule has 0 saturated carbocycles. The van der Waals surface area contributed by atoms with Gasteiger partial charge in [-0.25, -0.2) is 9.97 Å². The van der Waals surface area contributed by atoms with Crippen LogP contribution in [0.25, 0.3) is 0 Å². The van der Waals surface area contributed by atoms with Crippen LogP contribution in [0.15, 0.2) is 47.7 Å². The first kappa shape index (κ1) is 17.6. The number of para-hydroxylation sites is 1. The maximum Gasteiger partial charge on any atom is 0.225 e. The third-order valence-electron chi connectivity index (χ3n) is 5.40. The van der Waals surface area contributed by atoms with Crippen LogP contribution in [-0.2, 0) is 6.42 Å². The van der Waals surface area contributed by atoms with E-state index in [4.69, 9.17) is 5.73 Å². The summed E-state index contributed by atoms with van der Waals surface area (Å²) in [5.74, 6) is 1.43. The van der Waals surface area contributed by atoms with Crippen molar-refractivity contribution < 1.29 is 0 Å². The molecule has 0 spiro atoms. The summed E-state index contributed by atoms with van der Waals surface area (Å²) in [6.07, 6.45) is 4.67. The van der Waals surface area contributed by atoms with Crippen LogP contribution in [0.5, 0.6) is 0 Å². The van der Waals surface area contributed by atoms with Crippen LogP contribution in [0, 0.1) is 0 Å². The van der Waals surface area contributed by atoms with Gasteiger partial charge in [-0.05, 0) is 31.0 Å². The van der Waals surface area contributed by atoms with Crippen LogP contribution in [-0.4, -0.2) is 66.1 Å². The number of piperazine rings is 1. The van der Waals surface area contributed by atoms with Crippen molar-refractivity contribution in [3.8, 4) is 0 Å². The number of nitrogens with zero attached hydrogens (tertiary/aromatic N) is 6. The van der Waals surface area contributed by atoms with Gasteiger partial charge in [0, 0.05) is 56.8 Å². The molecule has 4 rings (SSSR count). The first-order chi connectivity index (χ1) is 13.2. The molecule has 0 aliphatic carbocycles. The van der Waals surface area contributed by atoms with Gasteiger partial charge in [-0.3, -0.25) is 4.99 Å². The zero-order chi connectivity index (χ0) is 18.6. The zero-order valence-electron chi connectivity index (χ0n) is 15.8. The molecule has 1 unspecified atom stereocenters. The Balaban J connectivity index is 1.29. The van der Waals surface area contributed by atoms with Gasteiger partial charge in [0.25, 0.3) is 0 Å². The fraction of sp³-hybridized carbons (Fsp3) is 0.450. The van der Waals surface area contributed by atoms with E-state index in [0.717, 1.165) is 45.1 Å². The van der Waals surface area contributed by atoms with Crippen LogP contribution in [0.3, 0.4) is 0 Å². The fourth-order valence-electron chi connectivity index (χ4n) is 3.93. The molecule has 1 fully saturated rings. The molecule has 2 N–H and O–H groups in total. The molecule has 1 atom stereocenters. The number of benzene rings is 1. The molecule has 142 valence electrons. The summed E-state index contributed by atoms with van der Waals surface area (Å²) < 4.78 is 0. The normalized spacial score (nSPS) is 20.1. The Morgan fingerprint density at radius 3 is 2.63 bits per heavy atom. The minimum Gasteiger partial charge on any atom is -0.370 e. The van der Waals surface area contributed by atoms with E-state index in [0.29, 0.717) is 18.5 Å². The largest absolute Gasteiger partial charge is 0.370 e. The quantitative estimate of drug-likeness (QED) is 0.652. The van der Waals surface area contributed by atoms with Crippen molar-refractivity contribution in [2.45, 2.75) is 19.4 Å². The monoisotopic (exact) mass is 365 g/mol. The minimum atomic E-state index is 0.522. The summed E-state index contributed by atoms with van der Waals surface area (Å²) in [6.45, 7) is 7.29. The number of aromatic nitrogens is 2. The number of nitrogens with two attached hydrogens (primary N) is 1. The SMILES string of the molecule is CC1Cc2ccccc2N1CCN=C(N)N1CCN(c2ncccn2)CC1. The summed E-state index contributed by atoms with van der Waals surface area (Å²) in [4.78, 5) is 20.1. The number of fused-ring (bicyclic) bond motifs is 1. The number of guanidine groups is 1. The van der Waals surface area contributed by atoms with Gasteiger partial charge in [0.05, 0.1) is 6.54 Å². The van der Waals surface area contributed by atoms with Crippen LogP contribution in [0.1, 0.15) is 12.5 Å². The Morgan fingerprint density at radius 2 is 1.85 bits per heavy atom. The highest BCUT2D eigenvalue weighted by molar-refractivity contribution is 5.78. The highest BCUT2D eigenvalue weighted by Gasteiger charge is 2.25. The third-order valence-corrected chi connectivity index (χ3v) is 5.40. The topological polar surface area (TPSA) is 73.9 Å². The summed E-state index contributed by atoms with van der Waals surface area (Å²) >= 11 is 0. The van der Waals surface area contributed by atoms with Gasteiger partial charge in [-0.1, -0.05) is 18.2 Å². The number of aliphatic imine (C=N–C) groups is 1. The molecule has 2 aliphatic rings. The first-order valence-corrected chi connectivity index (χ1v) is 9.64. The Morgan fingerprint density at radius 1 is 1.11 bits per heavy atom. The van der Waals surface area contributed by atoms with E-state index in [1.54, 1.807) is 12.4 Å². The molecule has 7 heteroatoms. The summed E-state index contributed by atoms with van der Waals surface area (Å²) in [6, 6.07) is 11.0. The Bertz CT molecular complexity index is 784. The van der Waals surface area contributed by atoms with Gasteiger partial charge in [-0.2, -0.15) is 0 Å². The molecule has 3 heterocycles. The van der Waals surface area contributed by atoms with Gasteiger partial charge >= 0.3 is 0 Å². The van der Waals surface area contributed by atoms with Gasteiger partial charge < -0.3 is 20.4 Å². The van der Waals surface area contributed by atoms with Crippen LogP contribution in [0.2, 0.25) is 0 Å². The highest BCUT2D eigenvalue weighted by Crippen LogP contribution is 2.31. The lowest BCUT2D eigenvalue weighted by atomic mass is 10.1. The van der Waals surface area contributed by atoms with E-state index in [2.05, 4.69) is 60.8 Å². The highest BCUT2D eigenvalue weighted by atomic mass is 15.4. The average Bonchev–Trinajstić information content (AvgIpc) is 3.04. The van der Waals surface area contributed by atoms with E-state index in [9.17, 15) is 0 Å². The zero-order valence-corrected chi connectivity index (χ0v) is 15.8. The molecule has 7 nitrogen and oxygen atoms in total. The second kappa shape index (κ2) is 7.82. The summed E-state index contributed by atoms with van der Waals surface area (Å²) in [5.41, 5.74) is 9.03. The lowest BCUT2D eigenvalue weighted by molar-refractivity contribution is 0.378. The van der Waals surface area contributed by atoms with Crippen LogP contribution < -0.4 is 15.5 Å². The van der Waals surface area contributed by atoms with E-state index in [1.807, 2.05) is 6.07 Å². The number of hydrogen-bond donors (Lipinski definition) is 1. The van der Waals surface area contributed by atoms with E-state index in [-0.39, 0.29) is 0 Å². The van der Waals surface area contributed by atoms with Crippen molar-refractivity contribution in [3.05, 3.63) is 48.3 Å². The number of hydrogen-bond acceptors (Lipinski definition) is 5. The van der Waals surface area contributed by atoms with Crippen molar-refractivity contribution in [2.24, 2.45) is 10.7 Å². The lowest BCUT2D eigenvalue weighted by Gasteiger charge is -2.35. The lowest BCUT2D eigenvalue weighted by Crippen LogP contribution is -2.51. The van der Waals surface area contributed by atoms with Gasteiger partial charge in [0.1, 0.15) is 0 Å². The molecular formula is C20H27N7. The van der Waals surface area contributed by atoms with E-state index in [1.165, 1.54) is 11.3 Å². The van der Waals surface area contributed by atoms with E-state index < -0.39 is 0 Å². The van der Waals surface area contributed by atoms with Gasteiger partial charge in [-0.15, -0.1) is 0 Å². The summed E-state index contributed by atoms with van der Waals surface area (Å²) in [7, 11) is 0. The molecule has 2 aliphatic heterocycles. The molecular weight excluding hydrogens is 338 g/mol. The first-order valence-electron chi connectivity index (χ1n) is 9.64. The average molecular weight is 365 g/mol. The minimum absolute atomic E-state index is 0.522.